The van der Waals surface area contributed by atoms with Crippen molar-refractivity contribution in [3.63, 3.8) is 0 Å². The van der Waals surface area contributed by atoms with Crippen molar-refractivity contribution in [2.45, 2.75) is 0 Å². The molecule has 0 aliphatic carbocycles. The van der Waals surface area contributed by atoms with Gasteiger partial charge in [-0.05, 0) is 0 Å². The monoisotopic (exact) mass is 141 g/mol. The first kappa shape index (κ1) is 4.45. The SMILES string of the molecule is N#P(O)Br. The fraction of sp³-hybridized carbons (Fsp3) is 0. The molecule has 0 aliphatic rings. The predicted molar refractivity (Wildman–Crippen MR) is 19.8 cm³/mol. The molecule has 0 radical (unpaired) electrons. The van der Waals surface area contributed by atoms with Gasteiger partial charge < -0.3 is 4.89 Å². The number of rotatable bonds is 0. The van der Waals surface area contributed by atoms with E-state index < -0.39 is 6.49 Å². The van der Waals surface area contributed by atoms with Crippen LogP contribution in [-0.2, 0) is 0 Å². The molecule has 4 heavy (non-hydrogen) atoms. The van der Waals surface area contributed by atoms with Crippen LogP contribution >= 0.6 is 22.0 Å². The fourth-order valence-electron chi connectivity index (χ4n) is 0. The van der Waals surface area contributed by atoms with Crippen molar-refractivity contribution in [3.05, 3.63) is 0 Å². The highest BCUT2D eigenvalue weighted by Gasteiger charge is 1.60. The van der Waals surface area contributed by atoms with Gasteiger partial charge in [-0.3, -0.25) is 0 Å². The van der Waals surface area contributed by atoms with E-state index in [1.54, 1.807) is 0 Å². The zero-order chi connectivity index (χ0) is 3.58. The second-order valence-electron chi connectivity index (χ2n) is 0.241. The molecule has 2 nitrogen and oxygen atoms in total. The summed E-state index contributed by atoms with van der Waals surface area (Å²) in [4.78, 5) is 7.59. The third-order valence-corrected chi connectivity index (χ3v) is 0. The molecule has 0 saturated carbocycles. The van der Waals surface area contributed by atoms with Gasteiger partial charge in [0.15, 0.2) is 0 Å². The minimum atomic E-state index is -1.81. The lowest BCUT2D eigenvalue weighted by atomic mass is 14.0. The lowest BCUT2D eigenvalue weighted by Crippen LogP contribution is -1.13. The maximum absolute atomic E-state index is 7.59. The third-order valence-electron chi connectivity index (χ3n) is 0. The van der Waals surface area contributed by atoms with E-state index in [-0.39, 0.29) is 0 Å². The standard InChI is InChI=1S/BrHNOP/c1-4(2)3/h3H. The van der Waals surface area contributed by atoms with E-state index in [2.05, 4.69) is 15.5 Å². The number of hydrogen-bond donors (Lipinski definition) is 1. The molecule has 0 heterocycles. The summed E-state index contributed by atoms with van der Waals surface area (Å²) in [6.45, 7) is -1.81. The molecular weight excluding hydrogens is 141 g/mol. The van der Waals surface area contributed by atoms with Crippen LogP contribution in [0.25, 0.3) is 0 Å². The first-order chi connectivity index (χ1) is 1.73. The second kappa shape index (κ2) is 1.74. The van der Waals surface area contributed by atoms with Crippen LogP contribution in [0.1, 0.15) is 0 Å². The molecular formula is HBrNOP. The summed E-state index contributed by atoms with van der Waals surface area (Å²) in [5.74, 6) is 0. The van der Waals surface area contributed by atoms with Gasteiger partial charge in [-0.1, -0.05) is 0 Å². The summed E-state index contributed by atoms with van der Waals surface area (Å²) in [6, 6.07) is 0. The average Bonchev–Trinajstić information content (AvgIpc) is 0.811. The summed E-state index contributed by atoms with van der Waals surface area (Å²) < 4.78 is 0. The third kappa shape index (κ3) is 25.4. The van der Waals surface area contributed by atoms with Gasteiger partial charge in [-0.2, -0.15) is 0 Å². The molecule has 0 aromatic heterocycles. The molecule has 0 saturated heterocycles. The smallest absolute Gasteiger partial charge is 0.252 e. The molecule has 4 heteroatoms. The summed E-state index contributed by atoms with van der Waals surface area (Å²) in [5, 5.41) is 7.59. The molecule has 0 aliphatic heterocycles. The van der Waals surface area contributed by atoms with Crippen molar-refractivity contribution >= 4 is 22.0 Å². The molecule has 1 N–H and O–H groups in total. The first-order valence-corrected chi connectivity index (χ1v) is 3.83. The van der Waals surface area contributed by atoms with Crippen LogP contribution in [0.2, 0.25) is 0 Å². The van der Waals surface area contributed by atoms with Gasteiger partial charge in [0.2, 0.25) is 0 Å². The van der Waals surface area contributed by atoms with Crippen LogP contribution in [0, 0.1) is 5.00 Å². The minimum Gasteiger partial charge on any atom is -0.316 e. The van der Waals surface area contributed by atoms with E-state index in [1.165, 1.54) is 0 Å². The Morgan fingerprint density at radius 3 is 2.00 bits per heavy atom. The topological polar surface area (TPSA) is 44.0 Å². The van der Waals surface area contributed by atoms with Crippen LogP contribution in [0.15, 0.2) is 0 Å². The summed E-state index contributed by atoms with van der Waals surface area (Å²) in [5.41, 5.74) is 0. The lowest BCUT2D eigenvalue weighted by Gasteiger charge is -1.50. The molecule has 0 fully saturated rings. The molecule has 0 spiro atoms. The molecule has 0 rings (SSSR count). The molecule has 0 aromatic carbocycles. The quantitative estimate of drug-likeness (QED) is 0.515. The van der Waals surface area contributed by atoms with Gasteiger partial charge in [-0.15, -0.1) is 0 Å². The fourth-order valence-corrected chi connectivity index (χ4v) is 0. The highest BCUT2D eigenvalue weighted by atomic mass is 79.9. The summed E-state index contributed by atoms with van der Waals surface area (Å²) >= 11 is 2.45. The molecule has 1 atom stereocenters. The van der Waals surface area contributed by atoms with Crippen LogP contribution in [0.4, 0.5) is 0 Å². The Kier molecular flexibility index (Phi) is 1.94. The van der Waals surface area contributed by atoms with Gasteiger partial charge in [-0.25, -0.2) is 5.00 Å². The van der Waals surface area contributed by atoms with E-state index in [0.29, 0.717) is 0 Å². The van der Waals surface area contributed by atoms with Crippen molar-refractivity contribution in [1.29, 1.82) is 5.00 Å². The van der Waals surface area contributed by atoms with E-state index in [0.717, 1.165) is 0 Å². The Morgan fingerprint density at radius 2 is 2.00 bits per heavy atom. The highest BCUT2D eigenvalue weighted by molar-refractivity contribution is 9.36. The lowest BCUT2D eigenvalue weighted by molar-refractivity contribution is 0.653. The Hall–Kier alpha value is 0.450. The Morgan fingerprint density at radius 1 is 2.00 bits per heavy atom. The van der Waals surface area contributed by atoms with Crippen molar-refractivity contribution in [2.75, 3.05) is 0 Å². The van der Waals surface area contributed by atoms with E-state index in [4.69, 9.17) is 9.90 Å². The normalized spacial score (nSPS) is 10.8. The largest absolute Gasteiger partial charge is 0.316 e. The van der Waals surface area contributed by atoms with Crippen molar-refractivity contribution in [3.8, 4) is 0 Å². The molecule has 1 unspecified atom stereocenters. The Balaban J connectivity index is 3.02. The number of nitrogens with zero attached hydrogens (tertiary/aromatic N) is 1. The van der Waals surface area contributed by atoms with Gasteiger partial charge in [0.05, 0.1) is 0 Å². The van der Waals surface area contributed by atoms with Crippen molar-refractivity contribution < 1.29 is 4.89 Å². The number of hydrogen-bond acceptors (Lipinski definition) is 2. The molecule has 0 aromatic rings. The van der Waals surface area contributed by atoms with E-state index in [1.807, 2.05) is 0 Å². The molecule has 24 valence electrons. The zero-order valence-electron chi connectivity index (χ0n) is 1.72. The predicted octanol–water partition coefficient (Wildman–Crippen LogP) is 1.16. The first-order valence-electron chi connectivity index (χ1n) is 0.569. The average molecular weight is 142 g/mol. The van der Waals surface area contributed by atoms with Gasteiger partial charge in [0.25, 0.3) is 6.49 Å². The van der Waals surface area contributed by atoms with Gasteiger partial charge >= 0.3 is 0 Å². The van der Waals surface area contributed by atoms with Crippen molar-refractivity contribution in [1.82, 2.24) is 0 Å². The van der Waals surface area contributed by atoms with E-state index >= 15 is 0 Å². The van der Waals surface area contributed by atoms with E-state index in [9.17, 15) is 0 Å². The highest BCUT2D eigenvalue weighted by Crippen LogP contribution is 2.17. The van der Waals surface area contributed by atoms with Crippen LogP contribution < -0.4 is 0 Å². The summed E-state index contributed by atoms with van der Waals surface area (Å²) in [6.07, 6.45) is 0. The van der Waals surface area contributed by atoms with Gasteiger partial charge in [0, 0.05) is 15.5 Å². The zero-order valence-corrected chi connectivity index (χ0v) is 4.20. The number of halogens is 1. The van der Waals surface area contributed by atoms with Crippen LogP contribution in [-0.4, -0.2) is 4.89 Å². The van der Waals surface area contributed by atoms with Crippen LogP contribution in [0.5, 0.6) is 0 Å². The minimum absolute atomic E-state index is 1.81. The second-order valence-corrected chi connectivity index (χ2v) is 2.63. The summed E-state index contributed by atoms with van der Waals surface area (Å²) in [7, 11) is 0. The maximum atomic E-state index is 7.59. The maximum Gasteiger partial charge on any atom is 0.252 e. The van der Waals surface area contributed by atoms with Crippen LogP contribution in [0.3, 0.4) is 0 Å². The van der Waals surface area contributed by atoms with Crippen molar-refractivity contribution in [2.24, 2.45) is 0 Å². The van der Waals surface area contributed by atoms with Gasteiger partial charge in [0.1, 0.15) is 0 Å². The Bertz CT molecular complexity index is 54.2. The Labute approximate surface area is 32.6 Å². The molecule has 0 amide bonds. The molecule has 0 bridgehead atoms.